The summed E-state index contributed by atoms with van der Waals surface area (Å²) in [6.45, 7) is 2.05. The van der Waals surface area contributed by atoms with Crippen molar-refractivity contribution in [2.24, 2.45) is 5.73 Å². The highest BCUT2D eigenvalue weighted by Gasteiger charge is 2.12. The number of aryl methyl sites for hydroxylation is 1. The molecule has 0 fully saturated rings. The predicted molar refractivity (Wildman–Crippen MR) is 79.8 cm³/mol. The number of ether oxygens (including phenoxy) is 1. The van der Waals surface area contributed by atoms with Crippen LogP contribution in [0.3, 0.4) is 0 Å². The monoisotopic (exact) mass is 275 g/mol. The van der Waals surface area contributed by atoms with E-state index in [9.17, 15) is 0 Å². The molecule has 0 aliphatic carbocycles. The number of hydrogen-bond acceptors (Lipinski definition) is 2. The first-order valence-corrected chi connectivity index (χ1v) is 6.62. The van der Waals surface area contributed by atoms with Crippen molar-refractivity contribution >= 4 is 11.6 Å². The van der Waals surface area contributed by atoms with Crippen molar-refractivity contribution in [1.29, 1.82) is 0 Å². The van der Waals surface area contributed by atoms with Gasteiger partial charge < -0.3 is 10.5 Å². The Bertz CT molecular complexity index is 551. The molecule has 2 nitrogen and oxygen atoms in total. The van der Waals surface area contributed by atoms with Gasteiger partial charge in [-0.1, -0.05) is 41.4 Å². The van der Waals surface area contributed by atoms with Crippen LogP contribution >= 0.6 is 11.6 Å². The van der Waals surface area contributed by atoms with E-state index in [4.69, 9.17) is 22.1 Å². The standard InChI is InChI=1S/C16H18ClNO/c1-11-3-8-16(19-2)14(9-11)15(18)10-12-4-6-13(17)7-5-12/h3-9,15H,10,18H2,1-2H3. The molecule has 2 rings (SSSR count). The highest BCUT2D eigenvalue weighted by molar-refractivity contribution is 6.30. The summed E-state index contributed by atoms with van der Waals surface area (Å²) < 4.78 is 5.38. The van der Waals surface area contributed by atoms with Crippen molar-refractivity contribution in [2.45, 2.75) is 19.4 Å². The second-order valence-corrected chi connectivity index (χ2v) is 5.12. The molecular formula is C16H18ClNO. The predicted octanol–water partition coefficient (Wildman–Crippen LogP) is 3.90. The van der Waals surface area contributed by atoms with E-state index in [2.05, 4.69) is 13.0 Å². The molecule has 1 atom stereocenters. The zero-order valence-corrected chi connectivity index (χ0v) is 11.9. The van der Waals surface area contributed by atoms with E-state index in [-0.39, 0.29) is 6.04 Å². The summed E-state index contributed by atoms with van der Waals surface area (Å²) in [6, 6.07) is 13.8. The van der Waals surface area contributed by atoms with Gasteiger partial charge in [0.05, 0.1) is 7.11 Å². The molecule has 0 saturated carbocycles. The maximum Gasteiger partial charge on any atom is 0.123 e. The van der Waals surface area contributed by atoms with Crippen molar-refractivity contribution in [3.8, 4) is 5.75 Å². The first-order valence-electron chi connectivity index (χ1n) is 6.24. The van der Waals surface area contributed by atoms with Crippen LogP contribution in [-0.2, 0) is 6.42 Å². The fraction of sp³-hybridized carbons (Fsp3) is 0.250. The number of benzene rings is 2. The minimum absolute atomic E-state index is 0.0870. The Balaban J connectivity index is 2.21. The Morgan fingerprint density at radius 3 is 2.47 bits per heavy atom. The average molecular weight is 276 g/mol. The Morgan fingerprint density at radius 1 is 1.16 bits per heavy atom. The molecule has 0 bridgehead atoms. The number of rotatable bonds is 4. The van der Waals surface area contributed by atoms with Crippen LogP contribution < -0.4 is 10.5 Å². The lowest BCUT2D eigenvalue weighted by Gasteiger charge is -2.16. The van der Waals surface area contributed by atoms with Crippen LogP contribution in [0.4, 0.5) is 0 Å². The van der Waals surface area contributed by atoms with E-state index in [0.717, 1.165) is 22.8 Å². The first kappa shape index (κ1) is 13.9. The Hall–Kier alpha value is -1.51. The molecule has 0 amide bonds. The van der Waals surface area contributed by atoms with Gasteiger partial charge in [0, 0.05) is 16.6 Å². The van der Waals surface area contributed by atoms with E-state index in [1.54, 1.807) is 7.11 Å². The highest BCUT2D eigenvalue weighted by atomic mass is 35.5. The van der Waals surface area contributed by atoms with Gasteiger partial charge in [-0.15, -0.1) is 0 Å². The van der Waals surface area contributed by atoms with Gasteiger partial charge in [0.2, 0.25) is 0 Å². The Kier molecular flexibility index (Phi) is 4.46. The summed E-state index contributed by atoms with van der Waals surface area (Å²) in [5, 5.41) is 0.741. The molecule has 3 heteroatoms. The molecule has 1 unspecified atom stereocenters. The third-order valence-corrected chi connectivity index (χ3v) is 3.41. The molecule has 2 N–H and O–H groups in total. The van der Waals surface area contributed by atoms with Crippen molar-refractivity contribution < 1.29 is 4.74 Å². The molecule has 2 aromatic rings. The second-order valence-electron chi connectivity index (χ2n) is 4.68. The van der Waals surface area contributed by atoms with Crippen LogP contribution in [0.2, 0.25) is 5.02 Å². The third-order valence-electron chi connectivity index (χ3n) is 3.15. The Morgan fingerprint density at radius 2 is 1.84 bits per heavy atom. The molecule has 0 saturated heterocycles. The summed E-state index contributed by atoms with van der Waals surface area (Å²) in [5.74, 6) is 0.840. The number of hydrogen-bond donors (Lipinski definition) is 1. The molecule has 100 valence electrons. The highest BCUT2D eigenvalue weighted by Crippen LogP contribution is 2.27. The summed E-state index contributed by atoms with van der Waals surface area (Å²) in [6.07, 6.45) is 0.761. The lowest BCUT2D eigenvalue weighted by molar-refractivity contribution is 0.405. The zero-order chi connectivity index (χ0) is 13.8. The number of nitrogens with two attached hydrogens (primary N) is 1. The summed E-state index contributed by atoms with van der Waals surface area (Å²) in [4.78, 5) is 0. The third kappa shape index (κ3) is 3.49. The fourth-order valence-electron chi connectivity index (χ4n) is 2.13. The van der Waals surface area contributed by atoms with E-state index in [0.29, 0.717) is 0 Å². The SMILES string of the molecule is COc1ccc(C)cc1C(N)Cc1ccc(Cl)cc1. The van der Waals surface area contributed by atoms with Gasteiger partial charge in [-0.2, -0.15) is 0 Å². The van der Waals surface area contributed by atoms with Gasteiger partial charge in [-0.3, -0.25) is 0 Å². The first-order chi connectivity index (χ1) is 9.10. The number of halogens is 1. The van der Waals surface area contributed by atoms with Gasteiger partial charge >= 0.3 is 0 Å². The molecule has 0 heterocycles. The summed E-state index contributed by atoms with van der Waals surface area (Å²) >= 11 is 5.88. The molecule has 0 aromatic heterocycles. The fourth-order valence-corrected chi connectivity index (χ4v) is 2.25. The second kappa shape index (κ2) is 6.09. The lowest BCUT2D eigenvalue weighted by Crippen LogP contribution is -2.14. The van der Waals surface area contributed by atoms with E-state index >= 15 is 0 Å². The van der Waals surface area contributed by atoms with Crippen LogP contribution in [0.15, 0.2) is 42.5 Å². The normalized spacial score (nSPS) is 12.2. The molecule has 0 aliphatic heterocycles. The van der Waals surface area contributed by atoms with Gasteiger partial charge in [-0.25, -0.2) is 0 Å². The minimum atomic E-state index is -0.0870. The maximum atomic E-state index is 6.30. The van der Waals surface area contributed by atoms with Crippen molar-refractivity contribution in [1.82, 2.24) is 0 Å². The van der Waals surface area contributed by atoms with Crippen molar-refractivity contribution in [2.75, 3.05) is 7.11 Å². The molecule has 19 heavy (non-hydrogen) atoms. The van der Waals surface area contributed by atoms with Crippen molar-refractivity contribution in [3.05, 3.63) is 64.2 Å². The minimum Gasteiger partial charge on any atom is -0.496 e. The van der Waals surface area contributed by atoms with Crippen LogP contribution in [0.5, 0.6) is 5.75 Å². The maximum absolute atomic E-state index is 6.30. The van der Waals surface area contributed by atoms with E-state index in [1.165, 1.54) is 11.1 Å². The quantitative estimate of drug-likeness (QED) is 0.918. The van der Waals surface area contributed by atoms with Gasteiger partial charge in [0.1, 0.15) is 5.75 Å². The van der Waals surface area contributed by atoms with Gasteiger partial charge in [-0.05, 0) is 37.1 Å². The number of methoxy groups -OCH3 is 1. The molecule has 0 aliphatic rings. The zero-order valence-electron chi connectivity index (χ0n) is 11.2. The topological polar surface area (TPSA) is 35.2 Å². The molecule has 0 spiro atoms. The molecule has 0 radical (unpaired) electrons. The summed E-state index contributed by atoms with van der Waals surface area (Å²) in [7, 11) is 1.67. The lowest BCUT2D eigenvalue weighted by atomic mass is 9.97. The van der Waals surface area contributed by atoms with Gasteiger partial charge in [0.15, 0.2) is 0 Å². The molecule has 2 aromatic carbocycles. The van der Waals surface area contributed by atoms with Crippen molar-refractivity contribution in [3.63, 3.8) is 0 Å². The van der Waals surface area contributed by atoms with E-state index in [1.807, 2.05) is 36.4 Å². The summed E-state index contributed by atoms with van der Waals surface area (Å²) in [5.41, 5.74) is 9.69. The molecular weight excluding hydrogens is 258 g/mol. The Labute approximate surface area is 119 Å². The van der Waals surface area contributed by atoms with Crippen LogP contribution in [0.25, 0.3) is 0 Å². The van der Waals surface area contributed by atoms with Gasteiger partial charge in [0.25, 0.3) is 0 Å². The smallest absolute Gasteiger partial charge is 0.123 e. The van der Waals surface area contributed by atoms with Crippen LogP contribution in [0.1, 0.15) is 22.7 Å². The van der Waals surface area contributed by atoms with E-state index < -0.39 is 0 Å². The average Bonchev–Trinajstić information content (AvgIpc) is 2.41. The largest absolute Gasteiger partial charge is 0.496 e. The van der Waals surface area contributed by atoms with Crippen LogP contribution in [-0.4, -0.2) is 7.11 Å². The van der Waals surface area contributed by atoms with Crippen LogP contribution in [0, 0.1) is 6.92 Å².